The van der Waals surface area contributed by atoms with E-state index in [4.69, 9.17) is 11.5 Å². The van der Waals surface area contributed by atoms with Gasteiger partial charge >= 0.3 is 5.97 Å². The van der Waals surface area contributed by atoms with Crippen molar-refractivity contribution in [3.05, 3.63) is 39.9 Å². The molecule has 7 heteroatoms. The summed E-state index contributed by atoms with van der Waals surface area (Å²) in [6, 6.07) is 6.00. The molecule has 5 N–H and O–H groups in total. The Balaban J connectivity index is 3.03. The molecule has 0 saturated carbocycles. The number of rotatable bonds is 7. The van der Waals surface area contributed by atoms with E-state index in [2.05, 4.69) is 0 Å². The standard InChI is InChI=1S/C12H17N3O4/c13-7-3-6-12(14,11(16)17)8-9-4-1-2-5-10(9)15(18)19/h1-2,4-5H,3,6-8,13-14H2,(H,16,17)/t12-/m1/s1. The van der Waals surface area contributed by atoms with Crippen molar-refractivity contribution in [2.75, 3.05) is 6.54 Å². The zero-order valence-electron chi connectivity index (χ0n) is 10.4. The second-order valence-electron chi connectivity index (χ2n) is 4.42. The minimum absolute atomic E-state index is 0.0977. The lowest BCUT2D eigenvalue weighted by Crippen LogP contribution is -2.50. The predicted octanol–water partition coefficient (Wildman–Crippen LogP) is 0.658. The molecule has 0 amide bonds. The summed E-state index contributed by atoms with van der Waals surface area (Å²) < 4.78 is 0. The van der Waals surface area contributed by atoms with Crippen molar-refractivity contribution in [1.82, 2.24) is 0 Å². The van der Waals surface area contributed by atoms with E-state index in [9.17, 15) is 20.0 Å². The smallest absolute Gasteiger partial charge is 0.324 e. The Morgan fingerprint density at radius 3 is 2.58 bits per heavy atom. The van der Waals surface area contributed by atoms with E-state index in [0.717, 1.165) is 0 Å². The first-order valence-corrected chi connectivity index (χ1v) is 5.85. The number of para-hydroxylation sites is 1. The van der Waals surface area contributed by atoms with Gasteiger partial charge in [0.2, 0.25) is 0 Å². The summed E-state index contributed by atoms with van der Waals surface area (Å²) in [6.45, 7) is 0.323. The molecule has 7 nitrogen and oxygen atoms in total. The molecule has 0 unspecified atom stereocenters. The van der Waals surface area contributed by atoms with Gasteiger partial charge in [0.1, 0.15) is 5.54 Å². The quantitative estimate of drug-likeness (QED) is 0.491. The van der Waals surface area contributed by atoms with Crippen LogP contribution in [-0.4, -0.2) is 28.1 Å². The molecule has 0 saturated heterocycles. The fourth-order valence-corrected chi connectivity index (χ4v) is 1.87. The Bertz CT molecular complexity index is 478. The second-order valence-corrected chi connectivity index (χ2v) is 4.42. The fraction of sp³-hybridized carbons (Fsp3) is 0.417. The minimum atomic E-state index is -1.54. The first-order valence-electron chi connectivity index (χ1n) is 5.85. The highest BCUT2D eigenvalue weighted by molar-refractivity contribution is 5.79. The third kappa shape index (κ3) is 3.73. The number of nitro groups is 1. The number of nitrogens with two attached hydrogens (primary N) is 2. The van der Waals surface area contributed by atoms with Gasteiger partial charge in [-0.05, 0) is 19.4 Å². The van der Waals surface area contributed by atoms with Crippen LogP contribution in [0.1, 0.15) is 18.4 Å². The monoisotopic (exact) mass is 267 g/mol. The van der Waals surface area contributed by atoms with Crippen molar-refractivity contribution in [2.24, 2.45) is 11.5 Å². The molecule has 1 aromatic rings. The number of carboxylic acids is 1. The Labute approximate surface area is 110 Å². The summed E-state index contributed by atoms with van der Waals surface area (Å²) in [5.41, 5.74) is 9.86. The number of benzene rings is 1. The summed E-state index contributed by atoms with van der Waals surface area (Å²) in [5, 5.41) is 20.1. The highest BCUT2D eigenvalue weighted by atomic mass is 16.6. The molecular weight excluding hydrogens is 250 g/mol. The maximum absolute atomic E-state index is 11.3. The maximum Gasteiger partial charge on any atom is 0.324 e. The molecule has 104 valence electrons. The van der Waals surface area contributed by atoms with E-state index in [1.54, 1.807) is 6.07 Å². The zero-order chi connectivity index (χ0) is 14.5. The van der Waals surface area contributed by atoms with Crippen LogP contribution in [0, 0.1) is 10.1 Å². The minimum Gasteiger partial charge on any atom is -0.480 e. The Kier molecular flexibility index (Phi) is 4.96. The van der Waals surface area contributed by atoms with Gasteiger partial charge in [-0.15, -0.1) is 0 Å². The highest BCUT2D eigenvalue weighted by Gasteiger charge is 2.35. The van der Waals surface area contributed by atoms with Gasteiger partial charge in [-0.25, -0.2) is 0 Å². The van der Waals surface area contributed by atoms with Crippen molar-refractivity contribution in [2.45, 2.75) is 24.8 Å². The average molecular weight is 267 g/mol. The van der Waals surface area contributed by atoms with Gasteiger partial charge in [-0.2, -0.15) is 0 Å². The molecule has 0 heterocycles. The van der Waals surface area contributed by atoms with E-state index in [-0.39, 0.29) is 18.5 Å². The molecule has 1 aromatic carbocycles. The molecule has 0 aliphatic rings. The summed E-state index contributed by atoms with van der Waals surface area (Å²) >= 11 is 0. The van der Waals surface area contributed by atoms with Gasteiger partial charge < -0.3 is 16.6 Å². The summed E-state index contributed by atoms with van der Waals surface area (Å²) in [6.07, 6.45) is 0.522. The van der Waals surface area contributed by atoms with Crippen molar-refractivity contribution in [1.29, 1.82) is 0 Å². The number of carboxylic acid groups (broad SMARTS) is 1. The summed E-state index contributed by atoms with van der Waals surface area (Å²) in [7, 11) is 0. The van der Waals surface area contributed by atoms with Crippen molar-refractivity contribution < 1.29 is 14.8 Å². The summed E-state index contributed by atoms with van der Waals surface area (Å²) in [4.78, 5) is 21.6. The number of nitro benzene ring substituents is 1. The molecule has 0 spiro atoms. The lowest BCUT2D eigenvalue weighted by Gasteiger charge is -2.24. The molecule has 1 rings (SSSR count). The second kappa shape index (κ2) is 6.26. The van der Waals surface area contributed by atoms with Crippen LogP contribution in [0.15, 0.2) is 24.3 Å². The third-order valence-corrected chi connectivity index (χ3v) is 2.95. The average Bonchev–Trinajstić information content (AvgIpc) is 2.36. The third-order valence-electron chi connectivity index (χ3n) is 2.95. The first kappa shape index (κ1) is 15.1. The number of aliphatic carboxylic acids is 1. The predicted molar refractivity (Wildman–Crippen MR) is 69.6 cm³/mol. The van der Waals surface area contributed by atoms with Crippen LogP contribution >= 0.6 is 0 Å². The Morgan fingerprint density at radius 2 is 2.05 bits per heavy atom. The van der Waals surface area contributed by atoms with Gasteiger partial charge in [0.25, 0.3) is 5.69 Å². The van der Waals surface area contributed by atoms with Crippen LogP contribution in [0.25, 0.3) is 0 Å². The molecule has 0 bridgehead atoms. The first-order chi connectivity index (χ1) is 8.90. The van der Waals surface area contributed by atoms with E-state index in [1.807, 2.05) is 0 Å². The van der Waals surface area contributed by atoms with Crippen LogP contribution in [0.3, 0.4) is 0 Å². The van der Waals surface area contributed by atoms with Gasteiger partial charge in [0.05, 0.1) is 4.92 Å². The lowest BCUT2D eigenvalue weighted by atomic mass is 9.87. The SMILES string of the molecule is NCCC[C@@](N)(Cc1ccccc1[N+](=O)[O-])C(=O)O. The van der Waals surface area contributed by atoms with Crippen LogP contribution in [0.2, 0.25) is 0 Å². The van der Waals surface area contributed by atoms with Crippen molar-refractivity contribution in [3.63, 3.8) is 0 Å². The summed E-state index contributed by atoms with van der Waals surface area (Å²) in [5.74, 6) is -1.18. The van der Waals surface area contributed by atoms with Crippen molar-refractivity contribution in [3.8, 4) is 0 Å². The van der Waals surface area contributed by atoms with Crippen LogP contribution in [0.4, 0.5) is 5.69 Å². The van der Waals surface area contributed by atoms with Crippen molar-refractivity contribution >= 4 is 11.7 Å². The van der Waals surface area contributed by atoms with E-state index in [1.165, 1.54) is 18.2 Å². The fourth-order valence-electron chi connectivity index (χ4n) is 1.87. The van der Waals surface area contributed by atoms with Crippen LogP contribution in [0.5, 0.6) is 0 Å². The molecule has 19 heavy (non-hydrogen) atoms. The Morgan fingerprint density at radius 1 is 1.42 bits per heavy atom. The molecule has 0 fully saturated rings. The van der Waals surface area contributed by atoms with Crippen LogP contribution < -0.4 is 11.5 Å². The number of hydrogen-bond acceptors (Lipinski definition) is 5. The van der Waals surface area contributed by atoms with Gasteiger partial charge in [0.15, 0.2) is 0 Å². The normalized spacial score (nSPS) is 13.8. The van der Waals surface area contributed by atoms with E-state index >= 15 is 0 Å². The molecule has 0 aromatic heterocycles. The molecular formula is C12H17N3O4. The van der Waals surface area contributed by atoms with Gasteiger partial charge in [-0.3, -0.25) is 14.9 Å². The highest BCUT2D eigenvalue weighted by Crippen LogP contribution is 2.24. The van der Waals surface area contributed by atoms with Gasteiger partial charge in [0, 0.05) is 18.1 Å². The lowest BCUT2D eigenvalue weighted by molar-refractivity contribution is -0.385. The largest absolute Gasteiger partial charge is 0.480 e. The zero-order valence-corrected chi connectivity index (χ0v) is 10.4. The maximum atomic E-state index is 11.3. The van der Waals surface area contributed by atoms with E-state index in [0.29, 0.717) is 18.5 Å². The molecule has 0 aliphatic heterocycles. The topological polar surface area (TPSA) is 132 Å². The Hall–Kier alpha value is -1.99. The molecule has 0 aliphatic carbocycles. The number of hydrogen-bond donors (Lipinski definition) is 3. The molecule has 1 atom stereocenters. The number of nitrogens with zero attached hydrogens (tertiary/aromatic N) is 1. The van der Waals surface area contributed by atoms with E-state index < -0.39 is 16.4 Å². The molecule has 0 radical (unpaired) electrons. The van der Waals surface area contributed by atoms with Gasteiger partial charge in [-0.1, -0.05) is 18.2 Å². The number of carbonyl (C=O) groups is 1. The van der Waals surface area contributed by atoms with Crippen LogP contribution in [-0.2, 0) is 11.2 Å².